The van der Waals surface area contributed by atoms with Crippen molar-refractivity contribution in [2.45, 2.75) is 85.2 Å². The first-order chi connectivity index (χ1) is 14.5. The molecule has 0 aromatic carbocycles. The van der Waals surface area contributed by atoms with Gasteiger partial charge in [0, 0.05) is 56.6 Å². The van der Waals surface area contributed by atoms with Gasteiger partial charge in [-0.15, -0.1) is 0 Å². The van der Waals surface area contributed by atoms with Gasteiger partial charge in [-0.1, -0.05) is 19.3 Å². The van der Waals surface area contributed by atoms with E-state index >= 15 is 0 Å². The third-order valence-corrected chi connectivity index (χ3v) is 7.03. The second-order valence-corrected chi connectivity index (χ2v) is 8.71. The van der Waals surface area contributed by atoms with Crippen LogP contribution in [0.3, 0.4) is 0 Å². The Labute approximate surface area is 181 Å². The fourth-order valence-electron chi connectivity index (χ4n) is 5.38. The lowest BCUT2D eigenvalue weighted by Crippen LogP contribution is -2.52. The molecule has 0 unspecified atom stereocenters. The minimum Gasteiger partial charge on any atom is -0.462 e. The molecule has 2 fully saturated rings. The molecule has 0 spiro atoms. The first-order valence-corrected chi connectivity index (χ1v) is 11.8. The van der Waals surface area contributed by atoms with Crippen molar-refractivity contribution in [2.24, 2.45) is 0 Å². The van der Waals surface area contributed by atoms with Gasteiger partial charge in [-0.3, -0.25) is 9.69 Å². The van der Waals surface area contributed by atoms with Crippen molar-refractivity contribution in [1.82, 2.24) is 14.4 Å². The number of carbonyl (C=O) groups is 2. The summed E-state index contributed by atoms with van der Waals surface area (Å²) in [6, 6.07) is 0.732. The van der Waals surface area contributed by atoms with E-state index in [1.54, 1.807) is 0 Å². The number of carbonyl (C=O) groups excluding carboxylic acids is 2. The highest BCUT2D eigenvalue weighted by atomic mass is 16.5. The van der Waals surface area contributed by atoms with Gasteiger partial charge in [0.1, 0.15) is 0 Å². The lowest BCUT2D eigenvalue weighted by molar-refractivity contribution is -0.133. The van der Waals surface area contributed by atoms with Crippen molar-refractivity contribution in [3.05, 3.63) is 22.5 Å². The van der Waals surface area contributed by atoms with Crippen LogP contribution in [0.5, 0.6) is 0 Å². The van der Waals surface area contributed by atoms with Gasteiger partial charge in [0.15, 0.2) is 0 Å². The maximum Gasteiger partial charge on any atom is 0.340 e. The molecule has 1 aromatic heterocycles. The molecular weight excluding hydrogens is 378 g/mol. The Bertz CT molecular complexity index is 741. The third kappa shape index (κ3) is 4.90. The first-order valence-electron chi connectivity index (χ1n) is 11.8. The summed E-state index contributed by atoms with van der Waals surface area (Å²) in [5.41, 5.74) is 3.66. The highest BCUT2D eigenvalue weighted by molar-refractivity contribution is 5.93. The molecule has 0 bridgehead atoms. The van der Waals surface area contributed by atoms with Gasteiger partial charge in [-0.2, -0.15) is 0 Å². The minimum absolute atomic E-state index is 0.233. The Morgan fingerprint density at radius 2 is 1.67 bits per heavy atom. The second kappa shape index (κ2) is 10.5. The molecule has 1 saturated heterocycles. The van der Waals surface area contributed by atoms with E-state index in [0.717, 1.165) is 55.7 Å². The van der Waals surface area contributed by atoms with Crippen LogP contribution in [0.1, 0.15) is 79.7 Å². The van der Waals surface area contributed by atoms with Crippen molar-refractivity contribution in [1.29, 1.82) is 0 Å². The van der Waals surface area contributed by atoms with E-state index in [4.69, 9.17) is 4.74 Å². The SMILES string of the molecule is CCOC(=O)c1c(C)c(CCC(=O)N2CCN(C3CCCCC3)CC2)n(CC)c1C. The maximum absolute atomic E-state index is 12.9. The van der Waals surface area contributed by atoms with E-state index in [1.165, 1.54) is 32.1 Å². The molecule has 1 aliphatic heterocycles. The molecule has 6 nitrogen and oxygen atoms in total. The molecule has 168 valence electrons. The van der Waals surface area contributed by atoms with Crippen molar-refractivity contribution in [3.8, 4) is 0 Å². The van der Waals surface area contributed by atoms with Crippen molar-refractivity contribution < 1.29 is 14.3 Å². The quantitative estimate of drug-likeness (QED) is 0.635. The lowest BCUT2D eigenvalue weighted by atomic mass is 9.94. The minimum atomic E-state index is -0.258. The van der Waals surface area contributed by atoms with Gasteiger partial charge in [0.25, 0.3) is 0 Å². The monoisotopic (exact) mass is 417 g/mol. The van der Waals surface area contributed by atoms with Crippen LogP contribution in [-0.4, -0.2) is 65.1 Å². The Hall–Kier alpha value is -1.82. The Morgan fingerprint density at radius 3 is 2.27 bits per heavy atom. The number of rotatable bonds is 7. The molecule has 6 heteroatoms. The first kappa shape index (κ1) is 22.9. The summed E-state index contributed by atoms with van der Waals surface area (Å²) in [5.74, 6) is -0.0250. The van der Waals surface area contributed by atoms with Crippen molar-refractivity contribution >= 4 is 11.9 Å². The van der Waals surface area contributed by atoms with Crippen LogP contribution >= 0.6 is 0 Å². The summed E-state index contributed by atoms with van der Waals surface area (Å²) in [4.78, 5) is 29.9. The van der Waals surface area contributed by atoms with Crippen LogP contribution in [-0.2, 0) is 22.5 Å². The normalized spacial score (nSPS) is 18.6. The summed E-state index contributed by atoms with van der Waals surface area (Å²) in [6.07, 6.45) is 7.90. The Morgan fingerprint density at radius 1 is 1.00 bits per heavy atom. The summed E-state index contributed by atoms with van der Waals surface area (Å²) in [5, 5.41) is 0. The van der Waals surface area contributed by atoms with Gasteiger partial charge in [-0.05, 0) is 52.5 Å². The number of esters is 1. The molecule has 1 saturated carbocycles. The number of ether oxygens (including phenoxy) is 1. The molecule has 0 N–H and O–H groups in total. The fraction of sp³-hybridized carbons (Fsp3) is 0.750. The highest BCUT2D eigenvalue weighted by Gasteiger charge is 2.28. The predicted molar refractivity (Wildman–Crippen MR) is 119 cm³/mol. The Balaban J connectivity index is 1.58. The second-order valence-electron chi connectivity index (χ2n) is 8.71. The van der Waals surface area contributed by atoms with E-state index in [0.29, 0.717) is 25.0 Å². The summed E-state index contributed by atoms with van der Waals surface area (Å²) >= 11 is 0. The third-order valence-electron chi connectivity index (χ3n) is 7.03. The van der Waals surface area contributed by atoms with Crippen LogP contribution in [0.25, 0.3) is 0 Å². The zero-order valence-corrected chi connectivity index (χ0v) is 19.3. The molecule has 0 radical (unpaired) electrons. The molecule has 30 heavy (non-hydrogen) atoms. The lowest BCUT2D eigenvalue weighted by Gasteiger charge is -2.40. The van der Waals surface area contributed by atoms with Crippen LogP contribution in [0.15, 0.2) is 0 Å². The molecular formula is C24H39N3O3. The molecule has 3 rings (SSSR count). The van der Waals surface area contributed by atoms with Gasteiger partial charge in [0.05, 0.1) is 12.2 Å². The average molecular weight is 418 g/mol. The standard InChI is InChI=1S/C24H39N3O3/c1-5-27-19(4)23(24(29)30-6-2)18(3)21(27)12-13-22(28)26-16-14-25(15-17-26)20-10-8-7-9-11-20/h20H,5-17H2,1-4H3. The van der Waals surface area contributed by atoms with Gasteiger partial charge < -0.3 is 14.2 Å². The summed E-state index contributed by atoms with van der Waals surface area (Å²) < 4.78 is 7.41. The Kier molecular flexibility index (Phi) is 7.98. The van der Waals surface area contributed by atoms with Crippen LogP contribution in [0.2, 0.25) is 0 Å². The summed E-state index contributed by atoms with van der Waals surface area (Å²) in [6.45, 7) is 12.7. The van der Waals surface area contributed by atoms with Crippen molar-refractivity contribution in [3.63, 3.8) is 0 Å². The average Bonchev–Trinajstić information content (AvgIpc) is 3.01. The maximum atomic E-state index is 12.9. The molecule has 1 aromatic rings. The smallest absolute Gasteiger partial charge is 0.340 e. The zero-order valence-electron chi connectivity index (χ0n) is 19.3. The van der Waals surface area contributed by atoms with E-state index in [1.807, 2.05) is 25.7 Å². The van der Waals surface area contributed by atoms with Crippen LogP contribution < -0.4 is 0 Å². The molecule has 1 amide bonds. The van der Waals surface area contributed by atoms with E-state index < -0.39 is 0 Å². The number of aromatic nitrogens is 1. The number of piperazine rings is 1. The highest BCUT2D eigenvalue weighted by Crippen LogP contribution is 2.26. The molecule has 0 atom stereocenters. The van der Waals surface area contributed by atoms with Crippen LogP contribution in [0, 0.1) is 13.8 Å². The number of hydrogen-bond donors (Lipinski definition) is 0. The summed E-state index contributed by atoms with van der Waals surface area (Å²) in [7, 11) is 0. The van der Waals surface area contributed by atoms with Gasteiger partial charge in [-0.25, -0.2) is 4.79 Å². The molecule has 1 aliphatic carbocycles. The van der Waals surface area contributed by atoms with Crippen molar-refractivity contribution in [2.75, 3.05) is 32.8 Å². The largest absolute Gasteiger partial charge is 0.462 e. The van der Waals surface area contributed by atoms with E-state index in [9.17, 15) is 9.59 Å². The number of nitrogens with zero attached hydrogens (tertiary/aromatic N) is 3. The van der Waals surface area contributed by atoms with Gasteiger partial charge >= 0.3 is 5.97 Å². The predicted octanol–water partition coefficient (Wildman–Crippen LogP) is 3.71. The van der Waals surface area contributed by atoms with Crippen LogP contribution in [0.4, 0.5) is 0 Å². The zero-order chi connectivity index (χ0) is 21.7. The van der Waals surface area contributed by atoms with Gasteiger partial charge in [0.2, 0.25) is 5.91 Å². The van der Waals surface area contributed by atoms with E-state index in [-0.39, 0.29) is 11.9 Å². The fourth-order valence-corrected chi connectivity index (χ4v) is 5.38. The number of amides is 1. The number of hydrogen-bond acceptors (Lipinski definition) is 4. The molecule has 2 aliphatic rings. The molecule has 2 heterocycles. The van der Waals surface area contributed by atoms with E-state index in [2.05, 4.69) is 16.4 Å². The topological polar surface area (TPSA) is 54.8 Å².